The van der Waals surface area contributed by atoms with Crippen molar-refractivity contribution in [2.75, 3.05) is 20.1 Å². The molecule has 1 aliphatic rings. The van der Waals surface area contributed by atoms with Gasteiger partial charge in [0.2, 0.25) is 0 Å². The number of fused-ring (bicyclic) bond motifs is 1. The lowest BCUT2D eigenvalue weighted by Crippen LogP contribution is -2.25. The van der Waals surface area contributed by atoms with Gasteiger partial charge in [-0.05, 0) is 31.5 Å². The van der Waals surface area contributed by atoms with Crippen molar-refractivity contribution in [2.45, 2.75) is 26.0 Å². The number of likely N-dealkylation sites (tertiary alicyclic amines) is 1. The molecule has 0 radical (unpaired) electrons. The van der Waals surface area contributed by atoms with Crippen molar-refractivity contribution in [1.29, 1.82) is 0 Å². The highest BCUT2D eigenvalue weighted by Crippen LogP contribution is 2.24. The quantitative estimate of drug-likeness (QED) is 0.601. The van der Waals surface area contributed by atoms with E-state index in [1.54, 1.807) is 19.1 Å². The Kier molecular flexibility index (Phi) is 5.64. The van der Waals surface area contributed by atoms with Gasteiger partial charge in [0.15, 0.2) is 11.6 Å². The van der Waals surface area contributed by atoms with Crippen molar-refractivity contribution in [3.8, 4) is 5.75 Å². The van der Waals surface area contributed by atoms with Crippen LogP contribution >= 0.6 is 0 Å². The number of H-pyrrole nitrogens is 1. The van der Waals surface area contributed by atoms with E-state index in [9.17, 15) is 18.4 Å². The molecule has 0 bridgehead atoms. The molecule has 1 aliphatic heterocycles. The van der Waals surface area contributed by atoms with E-state index in [1.807, 2.05) is 4.90 Å². The molecule has 1 aromatic carbocycles. The van der Waals surface area contributed by atoms with Crippen molar-refractivity contribution in [3.05, 3.63) is 63.3 Å². The summed E-state index contributed by atoms with van der Waals surface area (Å²) < 4.78 is 34.8. The maximum absolute atomic E-state index is 14.9. The molecule has 8 nitrogen and oxygen atoms in total. The predicted molar refractivity (Wildman–Crippen MR) is 109 cm³/mol. The summed E-state index contributed by atoms with van der Waals surface area (Å²) in [5.74, 6) is -1.88. The van der Waals surface area contributed by atoms with Crippen LogP contribution in [0.4, 0.5) is 8.78 Å². The van der Waals surface area contributed by atoms with Gasteiger partial charge < -0.3 is 15.0 Å². The molecule has 0 saturated carbocycles. The van der Waals surface area contributed by atoms with E-state index < -0.39 is 23.2 Å². The third-order valence-electron chi connectivity index (χ3n) is 5.25. The number of carbonyl (C=O) groups is 1. The number of benzene rings is 1. The van der Waals surface area contributed by atoms with E-state index >= 15 is 0 Å². The topological polar surface area (TPSA) is 100 Å². The standard InChI is InChI=1S/C21H21F2N5O3/c1-11-20(29)27-18-14(25-11)4-3-12(17(18)22)9-28-8-7-13(10-28)31-16-6-5-15(21(30)24-2)26-19(16)23/h3-6,13H,7-10H2,1-2H3,(H,24,30)(H,27,29). The molecule has 0 aliphatic carbocycles. The summed E-state index contributed by atoms with van der Waals surface area (Å²) in [6, 6.07) is 6.10. The molecule has 162 valence electrons. The number of nitrogens with one attached hydrogen (secondary N) is 2. The molecule has 0 spiro atoms. The van der Waals surface area contributed by atoms with Crippen molar-refractivity contribution in [1.82, 2.24) is 25.2 Å². The number of halogens is 2. The lowest BCUT2D eigenvalue weighted by atomic mass is 10.1. The highest BCUT2D eigenvalue weighted by molar-refractivity contribution is 5.92. The van der Waals surface area contributed by atoms with Crippen molar-refractivity contribution in [2.24, 2.45) is 0 Å². The third-order valence-corrected chi connectivity index (χ3v) is 5.25. The Labute approximate surface area is 176 Å². The fourth-order valence-electron chi connectivity index (χ4n) is 3.60. The number of hydrogen-bond acceptors (Lipinski definition) is 6. The van der Waals surface area contributed by atoms with E-state index in [0.717, 1.165) is 0 Å². The number of nitrogens with zero attached hydrogens (tertiary/aromatic N) is 3. The summed E-state index contributed by atoms with van der Waals surface area (Å²) in [5, 5.41) is 2.38. The number of amides is 1. The van der Waals surface area contributed by atoms with Crippen LogP contribution in [0.2, 0.25) is 0 Å². The summed E-state index contributed by atoms with van der Waals surface area (Å²) in [4.78, 5) is 35.6. The van der Waals surface area contributed by atoms with Gasteiger partial charge in [0.25, 0.3) is 17.4 Å². The molecule has 2 aromatic heterocycles. The second kappa shape index (κ2) is 8.38. The Morgan fingerprint density at radius 3 is 2.84 bits per heavy atom. The Balaban J connectivity index is 1.44. The minimum Gasteiger partial charge on any atom is -0.484 e. The number of aromatic amines is 1. The number of rotatable bonds is 5. The van der Waals surface area contributed by atoms with Crippen LogP contribution in [0.15, 0.2) is 29.1 Å². The van der Waals surface area contributed by atoms with Gasteiger partial charge in [0.1, 0.15) is 23.0 Å². The lowest BCUT2D eigenvalue weighted by molar-refractivity contribution is 0.0956. The number of ether oxygens (including phenoxy) is 1. The molecule has 31 heavy (non-hydrogen) atoms. The highest BCUT2D eigenvalue weighted by atomic mass is 19.1. The number of hydrogen-bond donors (Lipinski definition) is 2. The van der Waals surface area contributed by atoms with Gasteiger partial charge in [-0.15, -0.1) is 0 Å². The summed E-state index contributed by atoms with van der Waals surface area (Å²) >= 11 is 0. The van der Waals surface area contributed by atoms with Crippen LogP contribution in [-0.2, 0) is 6.54 Å². The van der Waals surface area contributed by atoms with E-state index in [0.29, 0.717) is 37.1 Å². The van der Waals surface area contributed by atoms with Gasteiger partial charge >= 0.3 is 0 Å². The molecule has 10 heteroatoms. The Bertz CT molecular complexity index is 1210. The van der Waals surface area contributed by atoms with Crippen LogP contribution in [0, 0.1) is 18.7 Å². The van der Waals surface area contributed by atoms with Crippen LogP contribution in [0.1, 0.15) is 28.2 Å². The van der Waals surface area contributed by atoms with Gasteiger partial charge in [0.05, 0.1) is 5.52 Å². The first-order valence-electron chi connectivity index (χ1n) is 9.81. The average molecular weight is 429 g/mol. The second-order valence-corrected chi connectivity index (χ2v) is 7.41. The Morgan fingerprint density at radius 1 is 1.29 bits per heavy atom. The molecular weight excluding hydrogens is 408 g/mol. The number of pyridine rings is 1. The smallest absolute Gasteiger partial charge is 0.269 e. The summed E-state index contributed by atoms with van der Waals surface area (Å²) in [6.45, 7) is 2.99. The third kappa shape index (κ3) is 4.24. The largest absolute Gasteiger partial charge is 0.484 e. The zero-order valence-electron chi connectivity index (χ0n) is 17.0. The average Bonchev–Trinajstić information content (AvgIpc) is 3.19. The first-order chi connectivity index (χ1) is 14.9. The first kappa shape index (κ1) is 20.9. The van der Waals surface area contributed by atoms with Gasteiger partial charge in [0, 0.05) is 32.2 Å². The van der Waals surface area contributed by atoms with Crippen LogP contribution in [0.25, 0.3) is 11.0 Å². The van der Waals surface area contributed by atoms with Crippen LogP contribution < -0.4 is 15.6 Å². The Morgan fingerprint density at radius 2 is 2.10 bits per heavy atom. The van der Waals surface area contributed by atoms with Crippen LogP contribution in [-0.4, -0.2) is 52.0 Å². The van der Waals surface area contributed by atoms with Crippen LogP contribution in [0.3, 0.4) is 0 Å². The normalized spacial score (nSPS) is 16.6. The van der Waals surface area contributed by atoms with Gasteiger partial charge in [-0.2, -0.15) is 4.39 Å². The maximum atomic E-state index is 14.9. The summed E-state index contributed by atoms with van der Waals surface area (Å²) in [5.41, 5.74) is 0.737. The SMILES string of the molecule is CNC(=O)c1ccc(OC2CCN(Cc3ccc4nc(C)c(=O)[nH]c4c3F)C2)c(F)n1. The van der Waals surface area contributed by atoms with Crippen LogP contribution in [0.5, 0.6) is 5.75 Å². The van der Waals surface area contributed by atoms with E-state index in [2.05, 4.69) is 20.3 Å². The second-order valence-electron chi connectivity index (χ2n) is 7.41. The highest BCUT2D eigenvalue weighted by Gasteiger charge is 2.26. The van der Waals surface area contributed by atoms with E-state index in [-0.39, 0.29) is 28.8 Å². The number of aryl methyl sites for hydroxylation is 1. The molecular formula is C21H21F2N5O3. The Hall–Kier alpha value is -3.40. The minimum atomic E-state index is -0.855. The monoisotopic (exact) mass is 429 g/mol. The van der Waals surface area contributed by atoms with E-state index in [4.69, 9.17) is 4.74 Å². The fourth-order valence-corrected chi connectivity index (χ4v) is 3.60. The number of aromatic nitrogens is 3. The number of carbonyl (C=O) groups excluding carboxylic acids is 1. The molecule has 1 saturated heterocycles. The van der Waals surface area contributed by atoms with Gasteiger partial charge in [-0.3, -0.25) is 14.5 Å². The maximum Gasteiger partial charge on any atom is 0.269 e. The summed E-state index contributed by atoms with van der Waals surface area (Å²) in [7, 11) is 1.44. The molecule has 2 N–H and O–H groups in total. The zero-order valence-corrected chi connectivity index (χ0v) is 17.0. The molecule has 1 unspecified atom stereocenters. The molecule has 1 atom stereocenters. The molecule has 1 amide bonds. The molecule has 3 heterocycles. The van der Waals surface area contributed by atoms with Gasteiger partial charge in [-0.25, -0.2) is 14.4 Å². The molecule has 3 aromatic rings. The lowest BCUT2D eigenvalue weighted by Gasteiger charge is -2.18. The van der Waals surface area contributed by atoms with Crippen molar-refractivity contribution in [3.63, 3.8) is 0 Å². The fraction of sp³-hybridized carbons (Fsp3) is 0.333. The molecule has 4 rings (SSSR count). The van der Waals surface area contributed by atoms with Gasteiger partial charge in [-0.1, -0.05) is 6.07 Å². The van der Waals surface area contributed by atoms with Crippen molar-refractivity contribution >= 4 is 16.9 Å². The predicted octanol–water partition coefficient (Wildman–Crippen LogP) is 1.92. The van der Waals surface area contributed by atoms with Crippen molar-refractivity contribution < 1.29 is 18.3 Å². The molecule has 1 fully saturated rings. The zero-order chi connectivity index (χ0) is 22.1. The van der Waals surface area contributed by atoms with E-state index in [1.165, 1.54) is 19.2 Å². The first-order valence-corrected chi connectivity index (χ1v) is 9.81. The minimum absolute atomic E-state index is 0.0320. The summed E-state index contributed by atoms with van der Waals surface area (Å²) in [6.07, 6.45) is 0.332.